The predicted octanol–water partition coefficient (Wildman–Crippen LogP) is 4.95. The van der Waals surface area contributed by atoms with Gasteiger partial charge >= 0.3 is 0 Å². The van der Waals surface area contributed by atoms with Crippen LogP contribution in [0.2, 0.25) is 5.02 Å². The van der Waals surface area contributed by atoms with Gasteiger partial charge in [0.2, 0.25) is 0 Å². The number of benzene rings is 2. The normalized spacial score (nSPS) is 10.3. The zero-order valence-electron chi connectivity index (χ0n) is 13.0. The van der Waals surface area contributed by atoms with E-state index in [0.29, 0.717) is 5.11 Å². The van der Waals surface area contributed by atoms with Crippen molar-refractivity contribution in [2.45, 2.75) is 13.3 Å². The van der Waals surface area contributed by atoms with E-state index in [1.807, 2.05) is 37.3 Å². The molecule has 2 N–H and O–H groups in total. The first kappa shape index (κ1) is 18.0. The predicted molar refractivity (Wildman–Crippen MR) is 105 cm³/mol. The molecular weight excluding hydrogens is 396 g/mol. The lowest BCUT2D eigenvalue weighted by molar-refractivity contribution is 0.412. The van der Waals surface area contributed by atoms with E-state index < -0.39 is 0 Å². The Morgan fingerprint density at radius 3 is 2.70 bits per heavy atom. The van der Waals surface area contributed by atoms with Gasteiger partial charge in [-0.3, -0.25) is 0 Å². The van der Waals surface area contributed by atoms with Crippen LogP contribution in [0, 0.1) is 6.92 Å². The lowest BCUT2D eigenvalue weighted by Crippen LogP contribution is -2.30. The molecule has 0 radical (unpaired) electrons. The molecule has 2 aromatic rings. The summed E-state index contributed by atoms with van der Waals surface area (Å²) in [4.78, 5) is 0. The number of anilines is 1. The van der Waals surface area contributed by atoms with Crippen LogP contribution in [0.15, 0.2) is 40.9 Å². The summed E-state index contributed by atoms with van der Waals surface area (Å²) in [5.74, 6) is 0.831. The summed E-state index contributed by atoms with van der Waals surface area (Å²) in [6.45, 7) is 2.74. The second kappa shape index (κ2) is 8.52. The summed E-state index contributed by atoms with van der Waals surface area (Å²) in [6.07, 6.45) is 0.865. The average Bonchev–Trinajstić information content (AvgIpc) is 2.50. The molecule has 6 heteroatoms. The fraction of sp³-hybridized carbons (Fsp3) is 0.235. The minimum absolute atomic E-state index is 0.600. The molecule has 0 spiro atoms. The summed E-state index contributed by atoms with van der Waals surface area (Å²) < 4.78 is 6.18. The van der Waals surface area contributed by atoms with Gasteiger partial charge in [0.05, 0.1) is 11.6 Å². The van der Waals surface area contributed by atoms with Gasteiger partial charge in [-0.05, 0) is 83.0 Å². The van der Waals surface area contributed by atoms with E-state index >= 15 is 0 Å². The van der Waals surface area contributed by atoms with E-state index in [2.05, 4.69) is 32.6 Å². The van der Waals surface area contributed by atoms with Crippen molar-refractivity contribution in [3.8, 4) is 5.75 Å². The first-order chi connectivity index (χ1) is 11.0. The molecule has 0 saturated carbocycles. The van der Waals surface area contributed by atoms with Crippen LogP contribution < -0.4 is 15.4 Å². The Hall–Kier alpha value is -1.30. The smallest absolute Gasteiger partial charge is 0.170 e. The van der Waals surface area contributed by atoms with Gasteiger partial charge in [0.25, 0.3) is 0 Å². The highest BCUT2D eigenvalue weighted by molar-refractivity contribution is 9.10. The van der Waals surface area contributed by atoms with Gasteiger partial charge in [-0.2, -0.15) is 0 Å². The van der Waals surface area contributed by atoms with Crippen LogP contribution in [0.3, 0.4) is 0 Å². The van der Waals surface area contributed by atoms with E-state index in [1.165, 1.54) is 5.56 Å². The van der Waals surface area contributed by atoms with Crippen LogP contribution in [0.25, 0.3) is 0 Å². The minimum atomic E-state index is 0.600. The molecule has 0 aliphatic carbocycles. The van der Waals surface area contributed by atoms with Crippen LogP contribution in [0.5, 0.6) is 5.75 Å². The molecule has 0 fully saturated rings. The number of thiocarbonyl (C=S) groups is 1. The Bertz CT molecular complexity index is 709. The maximum absolute atomic E-state index is 5.95. The molecule has 0 bridgehead atoms. The van der Waals surface area contributed by atoms with Gasteiger partial charge in [-0.25, -0.2) is 0 Å². The van der Waals surface area contributed by atoms with Gasteiger partial charge < -0.3 is 15.4 Å². The third-order valence-electron chi connectivity index (χ3n) is 3.35. The minimum Gasteiger partial charge on any atom is -0.496 e. The van der Waals surface area contributed by atoms with Crippen molar-refractivity contribution in [3.63, 3.8) is 0 Å². The second-order valence-electron chi connectivity index (χ2n) is 5.06. The molecule has 0 aromatic heterocycles. The highest BCUT2D eigenvalue weighted by Crippen LogP contribution is 2.25. The second-order valence-corrected chi connectivity index (χ2v) is 6.76. The maximum atomic E-state index is 5.95. The Morgan fingerprint density at radius 1 is 1.26 bits per heavy atom. The molecule has 122 valence electrons. The molecule has 3 nitrogen and oxygen atoms in total. The standard InChI is InChI=1S/C17H18BrClN2OS/c1-11-9-13(19)4-5-15(11)21-17(23)20-8-7-12-3-6-16(22-2)14(18)10-12/h3-6,9-10H,7-8H2,1-2H3,(H2,20,21,23). The van der Waals surface area contributed by atoms with Crippen molar-refractivity contribution < 1.29 is 4.74 Å². The first-order valence-corrected chi connectivity index (χ1v) is 8.71. The molecule has 0 aliphatic rings. The summed E-state index contributed by atoms with van der Waals surface area (Å²) in [5.41, 5.74) is 3.22. The van der Waals surface area contributed by atoms with Crippen LogP contribution in [-0.4, -0.2) is 18.8 Å². The monoisotopic (exact) mass is 412 g/mol. The molecule has 23 heavy (non-hydrogen) atoms. The number of nitrogens with one attached hydrogen (secondary N) is 2. The fourth-order valence-electron chi connectivity index (χ4n) is 2.12. The van der Waals surface area contributed by atoms with Crippen LogP contribution in [0.1, 0.15) is 11.1 Å². The van der Waals surface area contributed by atoms with Crippen molar-refractivity contribution in [1.82, 2.24) is 5.32 Å². The van der Waals surface area contributed by atoms with Gasteiger partial charge in [0.15, 0.2) is 5.11 Å². The lowest BCUT2D eigenvalue weighted by atomic mass is 10.1. The topological polar surface area (TPSA) is 33.3 Å². The maximum Gasteiger partial charge on any atom is 0.170 e. The number of aryl methyl sites for hydroxylation is 1. The van der Waals surface area contributed by atoms with E-state index in [1.54, 1.807) is 7.11 Å². The zero-order valence-corrected chi connectivity index (χ0v) is 16.1. The van der Waals surface area contributed by atoms with Gasteiger partial charge in [0, 0.05) is 17.3 Å². The summed E-state index contributed by atoms with van der Waals surface area (Å²) in [5, 5.41) is 7.72. The highest BCUT2D eigenvalue weighted by atomic mass is 79.9. The van der Waals surface area contributed by atoms with Crippen LogP contribution in [0.4, 0.5) is 5.69 Å². The third kappa shape index (κ3) is 5.37. The molecule has 0 heterocycles. The van der Waals surface area contributed by atoms with Crippen LogP contribution >= 0.6 is 39.7 Å². The van der Waals surface area contributed by atoms with Crippen LogP contribution in [-0.2, 0) is 6.42 Å². The summed E-state index contributed by atoms with van der Waals surface area (Å²) in [7, 11) is 1.66. The number of methoxy groups -OCH3 is 1. The van der Waals surface area contributed by atoms with Crippen molar-refractivity contribution in [3.05, 3.63) is 57.0 Å². The first-order valence-electron chi connectivity index (χ1n) is 7.13. The Morgan fingerprint density at radius 2 is 2.04 bits per heavy atom. The molecule has 2 rings (SSSR count). The van der Waals surface area contributed by atoms with E-state index in [0.717, 1.165) is 39.5 Å². The molecule has 0 atom stereocenters. The average molecular weight is 414 g/mol. The van der Waals surface area contributed by atoms with Gasteiger partial charge in [0.1, 0.15) is 5.75 Å². The summed E-state index contributed by atoms with van der Waals surface area (Å²) in [6, 6.07) is 11.7. The van der Waals surface area contributed by atoms with E-state index in [-0.39, 0.29) is 0 Å². The SMILES string of the molecule is COc1ccc(CCNC(=S)Nc2ccc(Cl)cc2C)cc1Br. The van der Waals surface area contributed by atoms with E-state index in [4.69, 9.17) is 28.6 Å². The number of rotatable bonds is 5. The third-order valence-corrected chi connectivity index (χ3v) is 4.45. The molecule has 2 aromatic carbocycles. The zero-order chi connectivity index (χ0) is 16.8. The Balaban J connectivity index is 1.84. The van der Waals surface area contributed by atoms with Crippen molar-refractivity contribution >= 4 is 50.5 Å². The number of hydrogen-bond acceptors (Lipinski definition) is 2. The number of halogens is 2. The number of hydrogen-bond donors (Lipinski definition) is 2. The molecule has 0 unspecified atom stereocenters. The van der Waals surface area contributed by atoms with Crippen molar-refractivity contribution in [1.29, 1.82) is 0 Å². The molecule has 0 aliphatic heterocycles. The van der Waals surface area contributed by atoms with Crippen molar-refractivity contribution in [2.75, 3.05) is 19.0 Å². The molecule has 0 saturated heterocycles. The largest absolute Gasteiger partial charge is 0.496 e. The number of ether oxygens (including phenoxy) is 1. The lowest BCUT2D eigenvalue weighted by Gasteiger charge is -2.13. The molecule has 0 amide bonds. The summed E-state index contributed by atoms with van der Waals surface area (Å²) >= 11 is 14.8. The quantitative estimate of drug-likeness (QED) is 0.680. The van der Waals surface area contributed by atoms with Gasteiger partial charge in [-0.1, -0.05) is 17.7 Å². The van der Waals surface area contributed by atoms with E-state index in [9.17, 15) is 0 Å². The Labute approximate surface area is 155 Å². The van der Waals surface area contributed by atoms with Crippen molar-refractivity contribution in [2.24, 2.45) is 0 Å². The molecular formula is C17H18BrClN2OS. The Kier molecular flexibility index (Phi) is 6.69. The van der Waals surface area contributed by atoms with Gasteiger partial charge in [-0.15, -0.1) is 0 Å². The fourth-order valence-corrected chi connectivity index (χ4v) is 3.15. The highest BCUT2D eigenvalue weighted by Gasteiger charge is 2.04.